The Morgan fingerprint density at radius 3 is 2.23 bits per heavy atom. The van der Waals surface area contributed by atoms with Crippen LogP contribution in [0.1, 0.15) is 31.8 Å². The molecule has 3 rings (SSSR count). The molecule has 6 heteroatoms. The molecule has 0 unspecified atom stereocenters. The highest BCUT2D eigenvalue weighted by Gasteiger charge is 2.07. The van der Waals surface area contributed by atoms with Gasteiger partial charge in [0.1, 0.15) is 12.4 Å². The number of carbonyl (C=O) groups is 2. The van der Waals surface area contributed by atoms with Crippen molar-refractivity contribution in [3.8, 4) is 17.2 Å². The summed E-state index contributed by atoms with van der Waals surface area (Å²) in [7, 11) is 2.78. The molecule has 31 heavy (non-hydrogen) atoms. The summed E-state index contributed by atoms with van der Waals surface area (Å²) in [5, 5.41) is 9.63. The molecule has 0 aliphatic rings. The Morgan fingerprint density at radius 1 is 0.903 bits per heavy atom. The summed E-state index contributed by atoms with van der Waals surface area (Å²) in [6.07, 6.45) is 3.17. The van der Waals surface area contributed by atoms with Crippen molar-refractivity contribution in [1.29, 1.82) is 0 Å². The largest absolute Gasteiger partial charge is 0.504 e. The van der Waals surface area contributed by atoms with Crippen LogP contribution in [0.5, 0.6) is 17.2 Å². The molecule has 158 valence electrons. The molecule has 0 amide bonds. The number of benzene rings is 3. The Morgan fingerprint density at radius 2 is 1.58 bits per heavy atom. The minimum Gasteiger partial charge on any atom is -0.504 e. The number of phenols is 1. The molecule has 6 nitrogen and oxygen atoms in total. The second kappa shape index (κ2) is 10.1. The van der Waals surface area contributed by atoms with Crippen molar-refractivity contribution in [2.45, 2.75) is 6.61 Å². The Labute approximate surface area is 180 Å². The predicted molar refractivity (Wildman–Crippen MR) is 117 cm³/mol. The van der Waals surface area contributed by atoms with Gasteiger partial charge >= 0.3 is 5.97 Å². The molecule has 0 spiro atoms. The molecule has 1 N–H and O–H groups in total. The van der Waals surface area contributed by atoms with Gasteiger partial charge in [0.25, 0.3) is 0 Å². The smallest absolute Gasteiger partial charge is 0.337 e. The molecule has 0 aliphatic heterocycles. The summed E-state index contributed by atoms with van der Waals surface area (Å²) in [6.45, 7) is 0.359. The SMILES string of the molecule is COC(=O)c1ccc(COc2ccc(/C=C/C(=O)c3ccc(O)c(OC)c3)cc2)cc1. The lowest BCUT2D eigenvalue weighted by Gasteiger charge is -2.07. The van der Waals surface area contributed by atoms with E-state index in [1.165, 1.54) is 32.4 Å². The maximum absolute atomic E-state index is 12.3. The van der Waals surface area contributed by atoms with Crippen LogP contribution in [-0.4, -0.2) is 31.1 Å². The van der Waals surface area contributed by atoms with Crippen molar-refractivity contribution >= 4 is 17.8 Å². The van der Waals surface area contributed by atoms with Gasteiger partial charge in [0.15, 0.2) is 17.3 Å². The van der Waals surface area contributed by atoms with Crippen molar-refractivity contribution in [3.63, 3.8) is 0 Å². The summed E-state index contributed by atoms with van der Waals surface area (Å²) < 4.78 is 15.5. The standard InChI is InChI=1S/C25H22O6/c1-29-24-15-20(10-14-23(24)27)22(26)13-7-17-5-11-21(12-6-17)31-16-18-3-8-19(9-4-18)25(28)30-2/h3-15,27H,16H2,1-2H3/b13-7+. The van der Waals surface area contributed by atoms with Crippen LogP contribution in [0.15, 0.2) is 72.8 Å². The highest BCUT2D eigenvalue weighted by molar-refractivity contribution is 6.07. The maximum Gasteiger partial charge on any atom is 0.337 e. The van der Waals surface area contributed by atoms with Gasteiger partial charge in [-0.15, -0.1) is 0 Å². The lowest BCUT2D eigenvalue weighted by molar-refractivity contribution is 0.0600. The minimum absolute atomic E-state index is 0.0157. The molecule has 0 aromatic heterocycles. The number of aromatic hydroxyl groups is 1. The third-order valence-electron chi connectivity index (χ3n) is 4.55. The number of hydrogen-bond donors (Lipinski definition) is 1. The van der Waals surface area contributed by atoms with Gasteiger partial charge in [-0.1, -0.05) is 30.3 Å². The number of ether oxygens (including phenoxy) is 3. The third kappa shape index (κ3) is 5.73. The Hall–Kier alpha value is -4.06. The van der Waals surface area contributed by atoms with E-state index < -0.39 is 0 Å². The normalized spacial score (nSPS) is 10.6. The van der Waals surface area contributed by atoms with Gasteiger partial charge in [-0.3, -0.25) is 4.79 Å². The van der Waals surface area contributed by atoms with Crippen LogP contribution >= 0.6 is 0 Å². The summed E-state index contributed by atoms with van der Waals surface area (Å²) in [5.74, 6) is 0.343. The minimum atomic E-state index is -0.376. The first-order valence-electron chi connectivity index (χ1n) is 9.49. The molecule has 0 heterocycles. The highest BCUT2D eigenvalue weighted by atomic mass is 16.5. The monoisotopic (exact) mass is 418 g/mol. The van der Waals surface area contributed by atoms with Gasteiger partial charge in [-0.2, -0.15) is 0 Å². The van der Waals surface area contributed by atoms with Crippen LogP contribution in [0, 0.1) is 0 Å². The molecule has 0 aliphatic carbocycles. The zero-order chi connectivity index (χ0) is 22.2. The van der Waals surface area contributed by atoms with E-state index >= 15 is 0 Å². The number of ketones is 1. The summed E-state index contributed by atoms with van der Waals surface area (Å²) in [4.78, 5) is 23.8. The van der Waals surface area contributed by atoms with Crippen molar-refractivity contribution < 1.29 is 28.9 Å². The van der Waals surface area contributed by atoms with E-state index in [1.54, 1.807) is 24.3 Å². The number of methoxy groups -OCH3 is 2. The number of hydrogen-bond acceptors (Lipinski definition) is 6. The number of rotatable bonds is 8. The van der Waals surface area contributed by atoms with Crippen molar-refractivity contribution in [2.75, 3.05) is 14.2 Å². The van der Waals surface area contributed by atoms with Crippen LogP contribution < -0.4 is 9.47 Å². The average Bonchev–Trinajstić information content (AvgIpc) is 2.82. The molecule has 0 fully saturated rings. The van der Waals surface area contributed by atoms with Crippen LogP contribution in [0.3, 0.4) is 0 Å². The van der Waals surface area contributed by atoms with Gasteiger partial charge in [0.05, 0.1) is 19.8 Å². The second-order valence-corrected chi connectivity index (χ2v) is 6.63. The highest BCUT2D eigenvalue weighted by Crippen LogP contribution is 2.26. The lowest BCUT2D eigenvalue weighted by Crippen LogP contribution is -2.01. The van der Waals surface area contributed by atoms with E-state index in [-0.39, 0.29) is 23.3 Å². The molecule has 3 aromatic carbocycles. The number of phenolic OH excluding ortho intramolecular Hbond substituents is 1. The van der Waals surface area contributed by atoms with Gasteiger partial charge in [0.2, 0.25) is 0 Å². The average molecular weight is 418 g/mol. The molecule has 3 aromatic rings. The molecular weight excluding hydrogens is 396 g/mol. The van der Waals surface area contributed by atoms with E-state index in [2.05, 4.69) is 4.74 Å². The Bertz CT molecular complexity index is 1080. The van der Waals surface area contributed by atoms with Crippen molar-refractivity contribution in [2.24, 2.45) is 0 Å². The maximum atomic E-state index is 12.3. The van der Waals surface area contributed by atoms with E-state index in [0.717, 1.165) is 11.1 Å². The summed E-state index contributed by atoms with van der Waals surface area (Å²) in [5.41, 5.74) is 2.67. The zero-order valence-electron chi connectivity index (χ0n) is 17.2. The molecular formula is C25H22O6. The van der Waals surface area contributed by atoms with E-state index in [0.29, 0.717) is 23.5 Å². The van der Waals surface area contributed by atoms with Gasteiger partial charge < -0.3 is 19.3 Å². The number of esters is 1. The third-order valence-corrected chi connectivity index (χ3v) is 4.55. The zero-order valence-corrected chi connectivity index (χ0v) is 17.2. The van der Waals surface area contributed by atoms with E-state index in [9.17, 15) is 14.7 Å². The fourth-order valence-corrected chi connectivity index (χ4v) is 2.80. The molecule has 0 saturated heterocycles. The van der Waals surface area contributed by atoms with Gasteiger partial charge in [-0.05, 0) is 59.7 Å². The van der Waals surface area contributed by atoms with Crippen LogP contribution in [-0.2, 0) is 11.3 Å². The van der Waals surface area contributed by atoms with Gasteiger partial charge in [-0.25, -0.2) is 4.79 Å². The second-order valence-electron chi connectivity index (χ2n) is 6.63. The quantitative estimate of drug-likeness (QED) is 0.325. The van der Waals surface area contributed by atoms with E-state index in [1.807, 2.05) is 36.4 Å². The number of carbonyl (C=O) groups excluding carboxylic acids is 2. The first-order chi connectivity index (χ1) is 15.0. The number of allylic oxidation sites excluding steroid dienone is 1. The Kier molecular flexibility index (Phi) is 7.06. The predicted octanol–water partition coefficient (Wildman–Crippen LogP) is 4.66. The fourth-order valence-electron chi connectivity index (χ4n) is 2.80. The van der Waals surface area contributed by atoms with Crippen molar-refractivity contribution in [3.05, 3.63) is 95.1 Å². The molecule has 0 atom stereocenters. The van der Waals surface area contributed by atoms with Crippen molar-refractivity contribution in [1.82, 2.24) is 0 Å². The first kappa shape index (κ1) is 21.6. The molecule has 0 saturated carbocycles. The Balaban J connectivity index is 1.57. The van der Waals surface area contributed by atoms with Crippen LogP contribution in [0.2, 0.25) is 0 Å². The van der Waals surface area contributed by atoms with Gasteiger partial charge in [0, 0.05) is 5.56 Å². The first-order valence-corrected chi connectivity index (χ1v) is 9.49. The van der Waals surface area contributed by atoms with E-state index in [4.69, 9.17) is 9.47 Å². The summed E-state index contributed by atoms with van der Waals surface area (Å²) in [6, 6.07) is 18.8. The van der Waals surface area contributed by atoms with Crippen LogP contribution in [0.4, 0.5) is 0 Å². The van der Waals surface area contributed by atoms with Crippen LogP contribution in [0.25, 0.3) is 6.08 Å². The fraction of sp³-hybridized carbons (Fsp3) is 0.120. The molecule has 0 bridgehead atoms. The topological polar surface area (TPSA) is 82.1 Å². The molecule has 0 radical (unpaired) electrons. The summed E-state index contributed by atoms with van der Waals surface area (Å²) >= 11 is 0. The lowest BCUT2D eigenvalue weighted by atomic mass is 10.1.